The molecule has 0 aliphatic carbocycles. The summed E-state index contributed by atoms with van der Waals surface area (Å²) in [7, 11) is 0. The number of hydrogen-bond donors (Lipinski definition) is 3. The van der Waals surface area contributed by atoms with Gasteiger partial charge in [0.1, 0.15) is 0 Å². The molecule has 1 fully saturated rings. The first-order valence-corrected chi connectivity index (χ1v) is 6.24. The third kappa shape index (κ3) is 3.60. The van der Waals surface area contributed by atoms with E-state index in [9.17, 15) is 14.7 Å². The highest BCUT2D eigenvalue weighted by atomic mass is 16.4. The molecule has 0 saturated carbocycles. The van der Waals surface area contributed by atoms with Gasteiger partial charge in [0.2, 0.25) is 0 Å². The predicted octanol–water partition coefficient (Wildman–Crippen LogP) is 0.652. The van der Waals surface area contributed by atoms with Gasteiger partial charge in [-0.2, -0.15) is 0 Å². The second-order valence-corrected chi connectivity index (χ2v) is 5.42. The van der Waals surface area contributed by atoms with E-state index in [0.29, 0.717) is 12.5 Å². The molecule has 104 valence electrons. The molecule has 0 radical (unpaired) electrons. The fourth-order valence-corrected chi connectivity index (χ4v) is 2.00. The lowest BCUT2D eigenvalue weighted by molar-refractivity contribution is -0.155. The van der Waals surface area contributed by atoms with E-state index < -0.39 is 11.6 Å². The first-order chi connectivity index (χ1) is 8.24. The quantitative estimate of drug-likeness (QED) is 0.693. The summed E-state index contributed by atoms with van der Waals surface area (Å²) in [6, 6.07) is -0.161. The van der Waals surface area contributed by atoms with Crippen molar-refractivity contribution in [1.29, 1.82) is 0 Å². The Balaban J connectivity index is 2.52. The van der Waals surface area contributed by atoms with Gasteiger partial charge in [-0.1, -0.05) is 6.92 Å². The number of aliphatic carboxylic acids is 1. The van der Waals surface area contributed by atoms with Gasteiger partial charge >= 0.3 is 12.0 Å². The molecular formula is C12H22N2O4. The zero-order valence-electron chi connectivity index (χ0n) is 11.1. The smallest absolute Gasteiger partial charge is 0.337 e. The zero-order valence-corrected chi connectivity index (χ0v) is 11.1. The third-order valence-electron chi connectivity index (χ3n) is 3.42. The van der Waals surface area contributed by atoms with Crippen LogP contribution in [0.1, 0.15) is 33.6 Å². The summed E-state index contributed by atoms with van der Waals surface area (Å²) < 4.78 is 0. The van der Waals surface area contributed by atoms with Gasteiger partial charge in [0, 0.05) is 12.6 Å². The molecule has 3 N–H and O–H groups in total. The van der Waals surface area contributed by atoms with Gasteiger partial charge in [-0.25, -0.2) is 9.59 Å². The Morgan fingerprint density at radius 2 is 2.00 bits per heavy atom. The van der Waals surface area contributed by atoms with Crippen LogP contribution in [0.3, 0.4) is 0 Å². The lowest BCUT2D eigenvalue weighted by Crippen LogP contribution is -2.54. The standard InChI is InChI=1S/C12H22N2O4/c1-8-4-5-9(2)14(6-8)11(17)13-7-12(3,18)10(15)16/h8-9,18H,4-7H2,1-3H3,(H,13,17)(H,15,16). The second-order valence-electron chi connectivity index (χ2n) is 5.42. The monoisotopic (exact) mass is 258 g/mol. The summed E-state index contributed by atoms with van der Waals surface area (Å²) in [6.45, 7) is 5.60. The van der Waals surface area contributed by atoms with Crippen LogP contribution in [-0.2, 0) is 4.79 Å². The minimum atomic E-state index is -1.93. The molecule has 0 aromatic carbocycles. The predicted molar refractivity (Wildman–Crippen MR) is 66.2 cm³/mol. The summed E-state index contributed by atoms with van der Waals surface area (Å²) >= 11 is 0. The number of carboxylic acids is 1. The molecule has 6 nitrogen and oxygen atoms in total. The summed E-state index contributed by atoms with van der Waals surface area (Å²) in [5, 5.41) is 20.7. The van der Waals surface area contributed by atoms with Crippen molar-refractivity contribution in [2.75, 3.05) is 13.1 Å². The molecule has 3 unspecified atom stereocenters. The Morgan fingerprint density at radius 3 is 2.56 bits per heavy atom. The van der Waals surface area contributed by atoms with E-state index in [-0.39, 0.29) is 18.6 Å². The summed E-state index contributed by atoms with van der Waals surface area (Å²) in [4.78, 5) is 24.3. The molecule has 0 bridgehead atoms. The lowest BCUT2D eigenvalue weighted by Gasteiger charge is -2.37. The Morgan fingerprint density at radius 1 is 1.39 bits per heavy atom. The van der Waals surface area contributed by atoms with E-state index >= 15 is 0 Å². The van der Waals surface area contributed by atoms with Gasteiger partial charge < -0.3 is 20.4 Å². The van der Waals surface area contributed by atoms with Crippen LogP contribution in [0.5, 0.6) is 0 Å². The third-order valence-corrected chi connectivity index (χ3v) is 3.42. The molecule has 18 heavy (non-hydrogen) atoms. The van der Waals surface area contributed by atoms with Crippen LogP contribution in [0.4, 0.5) is 4.79 Å². The number of urea groups is 1. The Kier molecular flexibility index (Phi) is 4.56. The van der Waals surface area contributed by atoms with Gasteiger partial charge in [-0.05, 0) is 32.6 Å². The molecule has 3 atom stereocenters. The van der Waals surface area contributed by atoms with Gasteiger partial charge in [0.05, 0.1) is 6.54 Å². The summed E-state index contributed by atoms with van der Waals surface area (Å²) in [6.07, 6.45) is 2.04. The van der Waals surface area contributed by atoms with Crippen LogP contribution in [0.15, 0.2) is 0 Å². The van der Waals surface area contributed by atoms with E-state index in [1.165, 1.54) is 0 Å². The van der Waals surface area contributed by atoms with Gasteiger partial charge in [-0.3, -0.25) is 0 Å². The molecule has 0 spiro atoms. The van der Waals surface area contributed by atoms with E-state index in [1.54, 1.807) is 4.90 Å². The van der Waals surface area contributed by atoms with E-state index in [2.05, 4.69) is 12.2 Å². The largest absolute Gasteiger partial charge is 0.479 e. The topological polar surface area (TPSA) is 89.9 Å². The van der Waals surface area contributed by atoms with Crippen LogP contribution in [0.2, 0.25) is 0 Å². The number of hydrogen-bond acceptors (Lipinski definition) is 3. The van der Waals surface area contributed by atoms with Crippen LogP contribution in [0.25, 0.3) is 0 Å². The van der Waals surface area contributed by atoms with Gasteiger partial charge in [-0.15, -0.1) is 0 Å². The molecule has 1 aliphatic rings. The van der Waals surface area contributed by atoms with E-state index in [0.717, 1.165) is 19.8 Å². The highest BCUT2D eigenvalue weighted by Crippen LogP contribution is 2.21. The van der Waals surface area contributed by atoms with Crippen molar-refractivity contribution in [3.05, 3.63) is 0 Å². The Bertz CT molecular complexity index is 330. The highest BCUT2D eigenvalue weighted by Gasteiger charge is 2.32. The van der Waals surface area contributed by atoms with Crippen molar-refractivity contribution in [3.63, 3.8) is 0 Å². The van der Waals surface area contributed by atoms with Crippen LogP contribution in [-0.4, -0.2) is 51.8 Å². The fraction of sp³-hybridized carbons (Fsp3) is 0.833. The Labute approximate surface area is 107 Å². The number of nitrogens with one attached hydrogen (secondary N) is 1. The molecule has 2 amide bonds. The maximum Gasteiger partial charge on any atom is 0.337 e. The van der Waals surface area contributed by atoms with Crippen molar-refractivity contribution < 1.29 is 19.8 Å². The highest BCUT2D eigenvalue weighted by molar-refractivity contribution is 5.79. The number of likely N-dealkylation sites (tertiary alicyclic amines) is 1. The average molecular weight is 258 g/mol. The fourth-order valence-electron chi connectivity index (χ4n) is 2.00. The number of aliphatic hydroxyl groups is 1. The molecule has 0 aromatic rings. The normalized spacial score (nSPS) is 27.4. The number of carbonyl (C=O) groups excluding carboxylic acids is 1. The molecular weight excluding hydrogens is 236 g/mol. The molecule has 1 saturated heterocycles. The minimum Gasteiger partial charge on any atom is -0.479 e. The average Bonchev–Trinajstić information content (AvgIpc) is 2.29. The maximum absolute atomic E-state index is 11.9. The minimum absolute atomic E-state index is 0.149. The number of rotatable bonds is 3. The zero-order chi connectivity index (χ0) is 13.9. The molecule has 1 aliphatic heterocycles. The Hall–Kier alpha value is -1.30. The molecule has 1 rings (SSSR count). The molecule has 1 heterocycles. The maximum atomic E-state index is 11.9. The number of piperidine rings is 1. The van der Waals surface area contributed by atoms with Crippen molar-refractivity contribution in [2.24, 2.45) is 5.92 Å². The lowest BCUT2D eigenvalue weighted by atomic mass is 9.95. The molecule has 6 heteroatoms. The number of nitrogens with zero attached hydrogens (tertiary/aromatic N) is 1. The van der Waals surface area contributed by atoms with Crippen molar-refractivity contribution in [2.45, 2.75) is 45.3 Å². The van der Waals surface area contributed by atoms with E-state index in [4.69, 9.17) is 5.11 Å². The van der Waals surface area contributed by atoms with Crippen LogP contribution < -0.4 is 5.32 Å². The first-order valence-electron chi connectivity index (χ1n) is 6.24. The van der Waals surface area contributed by atoms with Gasteiger partial charge in [0.15, 0.2) is 5.60 Å². The van der Waals surface area contributed by atoms with Crippen LogP contribution in [0, 0.1) is 5.92 Å². The number of carboxylic acid groups (broad SMARTS) is 1. The second kappa shape index (κ2) is 5.56. The van der Waals surface area contributed by atoms with Gasteiger partial charge in [0.25, 0.3) is 0 Å². The molecule has 0 aromatic heterocycles. The first kappa shape index (κ1) is 14.8. The van der Waals surface area contributed by atoms with Crippen LogP contribution >= 0.6 is 0 Å². The van der Waals surface area contributed by atoms with E-state index in [1.807, 2.05) is 6.92 Å². The van der Waals surface area contributed by atoms with Crippen molar-refractivity contribution in [1.82, 2.24) is 10.2 Å². The number of amides is 2. The summed E-state index contributed by atoms with van der Waals surface area (Å²) in [5.74, 6) is -0.894. The SMILES string of the molecule is CC1CCC(C)N(C(=O)NCC(C)(O)C(=O)O)C1. The number of carbonyl (C=O) groups is 2. The summed E-state index contributed by atoms with van der Waals surface area (Å²) in [5.41, 5.74) is -1.93. The van der Waals surface area contributed by atoms with Crippen molar-refractivity contribution >= 4 is 12.0 Å². The van der Waals surface area contributed by atoms with Crippen molar-refractivity contribution in [3.8, 4) is 0 Å².